The van der Waals surface area contributed by atoms with Gasteiger partial charge in [0.25, 0.3) is 0 Å². The van der Waals surface area contributed by atoms with E-state index in [0.717, 1.165) is 32.7 Å². The van der Waals surface area contributed by atoms with Crippen molar-refractivity contribution < 1.29 is 5.11 Å². The first-order chi connectivity index (χ1) is 13.4. The number of anilines is 1. The summed E-state index contributed by atoms with van der Waals surface area (Å²) in [7, 11) is 0. The van der Waals surface area contributed by atoms with E-state index in [-0.39, 0.29) is 12.5 Å². The van der Waals surface area contributed by atoms with Crippen LogP contribution >= 0.6 is 35.0 Å². The Morgan fingerprint density at radius 2 is 1.75 bits per heavy atom. The number of aromatic nitrogens is 2. The molecular formula is C21H23Cl2N3OS. The second-order valence-electron chi connectivity index (χ2n) is 6.88. The van der Waals surface area contributed by atoms with Gasteiger partial charge in [-0.1, -0.05) is 60.9 Å². The Morgan fingerprint density at radius 3 is 2.32 bits per heavy atom. The molecule has 3 aromatic rings. The van der Waals surface area contributed by atoms with Crippen LogP contribution in [0.2, 0.25) is 10.0 Å². The first kappa shape index (κ1) is 21.1. The summed E-state index contributed by atoms with van der Waals surface area (Å²) in [6, 6.07) is 13.3. The molecule has 0 saturated heterocycles. The predicted octanol–water partition coefficient (Wildman–Crippen LogP) is 5.63. The van der Waals surface area contributed by atoms with Gasteiger partial charge in [-0.3, -0.25) is 0 Å². The number of nitrogen functional groups attached to an aromatic ring is 1. The lowest BCUT2D eigenvalue weighted by atomic mass is 10.1. The van der Waals surface area contributed by atoms with Crippen molar-refractivity contribution in [2.24, 2.45) is 0 Å². The van der Waals surface area contributed by atoms with Gasteiger partial charge < -0.3 is 15.4 Å². The van der Waals surface area contributed by atoms with E-state index in [2.05, 4.69) is 18.4 Å². The van der Waals surface area contributed by atoms with Crippen LogP contribution in [-0.2, 0) is 13.0 Å². The molecule has 0 fully saturated rings. The number of hydrogen-bond acceptors (Lipinski definition) is 4. The quantitative estimate of drug-likeness (QED) is 0.471. The summed E-state index contributed by atoms with van der Waals surface area (Å²) >= 11 is 14.0. The predicted molar refractivity (Wildman–Crippen MR) is 118 cm³/mol. The molecule has 3 N–H and O–H groups in total. The van der Waals surface area contributed by atoms with Crippen molar-refractivity contribution in [2.75, 3.05) is 12.3 Å². The van der Waals surface area contributed by atoms with Gasteiger partial charge >= 0.3 is 0 Å². The molecule has 0 saturated carbocycles. The van der Waals surface area contributed by atoms with E-state index in [1.54, 1.807) is 17.8 Å². The Hall–Kier alpha value is -1.66. The Bertz CT molecular complexity index is 935. The van der Waals surface area contributed by atoms with E-state index in [1.165, 1.54) is 0 Å². The molecule has 0 radical (unpaired) electrons. The van der Waals surface area contributed by atoms with Gasteiger partial charge in [0.05, 0.1) is 12.3 Å². The third-order valence-electron chi connectivity index (χ3n) is 4.28. The molecule has 3 rings (SSSR count). The van der Waals surface area contributed by atoms with Crippen LogP contribution in [0.4, 0.5) is 5.69 Å². The fourth-order valence-electron chi connectivity index (χ4n) is 2.94. The van der Waals surface area contributed by atoms with Crippen LogP contribution in [0.25, 0.3) is 0 Å². The van der Waals surface area contributed by atoms with Crippen molar-refractivity contribution >= 4 is 40.7 Å². The van der Waals surface area contributed by atoms with Crippen molar-refractivity contribution in [1.29, 1.82) is 0 Å². The van der Waals surface area contributed by atoms with Crippen LogP contribution in [0.1, 0.15) is 36.8 Å². The summed E-state index contributed by atoms with van der Waals surface area (Å²) in [6.45, 7) is 4.93. The van der Waals surface area contributed by atoms with Gasteiger partial charge in [-0.2, -0.15) is 0 Å². The molecule has 0 aliphatic rings. The van der Waals surface area contributed by atoms with E-state index in [0.29, 0.717) is 23.0 Å². The van der Waals surface area contributed by atoms with Crippen LogP contribution in [0.3, 0.4) is 0 Å². The zero-order valence-corrected chi connectivity index (χ0v) is 18.2. The molecule has 4 nitrogen and oxygen atoms in total. The fourth-order valence-corrected chi connectivity index (χ4v) is 4.86. The maximum Gasteiger partial charge on any atom is 0.112 e. The van der Waals surface area contributed by atoms with Crippen LogP contribution in [-0.4, -0.2) is 21.3 Å². The first-order valence-electron chi connectivity index (χ1n) is 9.06. The Labute approximate surface area is 179 Å². The van der Waals surface area contributed by atoms with Crippen molar-refractivity contribution in [3.05, 3.63) is 69.6 Å². The molecule has 0 aliphatic carbocycles. The number of aliphatic hydroxyl groups excluding tert-OH is 1. The largest absolute Gasteiger partial charge is 0.399 e. The Balaban J connectivity index is 2.07. The van der Waals surface area contributed by atoms with Gasteiger partial charge in [-0.05, 0) is 41.8 Å². The van der Waals surface area contributed by atoms with Crippen LogP contribution in [0.15, 0.2) is 52.4 Å². The third kappa shape index (κ3) is 5.03. The summed E-state index contributed by atoms with van der Waals surface area (Å²) in [4.78, 5) is 5.80. The van der Waals surface area contributed by atoms with Crippen molar-refractivity contribution in [2.45, 2.75) is 42.7 Å². The van der Waals surface area contributed by atoms with Gasteiger partial charge in [0.1, 0.15) is 10.9 Å². The van der Waals surface area contributed by atoms with Gasteiger partial charge in [0.2, 0.25) is 0 Å². The number of nitrogens with zero attached hydrogens (tertiary/aromatic N) is 2. The maximum absolute atomic E-state index is 9.54. The highest BCUT2D eigenvalue weighted by Crippen LogP contribution is 2.37. The normalized spacial score (nSPS) is 11.4. The molecule has 0 spiro atoms. The summed E-state index contributed by atoms with van der Waals surface area (Å²) in [6.07, 6.45) is 0.492. The standard InChI is InChI=1S/C21H23Cl2N3OS/c1-13(2)20-21(28-18-10-15(22)9-16(23)11-18)26(19(25-20)7-8-27)12-14-3-5-17(24)6-4-14/h3-6,9-11,13,27H,7-8,12,24H2,1-2H3. The minimum atomic E-state index is 0.0450. The van der Waals surface area contributed by atoms with Crippen molar-refractivity contribution in [3.8, 4) is 0 Å². The van der Waals surface area contributed by atoms with Crippen molar-refractivity contribution in [3.63, 3.8) is 0 Å². The summed E-state index contributed by atoms with van der Waals surface area (Å²) < 4.78 is 2.16. The smallest absolute Gasteiger partial charge is 0.112 e. The van der Waals surface area contributed by atoms with E-state index >= 15 is 0 Å². The maximum atomic E-state index is 9.54. The number of benzene rings is 2. The molecule has 0 amide bonds. The molecule has 0 bridgehead atoms. The van der Waals surface area contributed by atoms with E-state index < -0.39 is 0 Å². The highest BCUT2D eigenvalue weighted by Gasteiger charge is 2.21. The Morgan fingerprint density at radius 1 is 1.11 bits per heavy atom. The van der Waals surface area contributed by atoms with Gasteiger partial charge in [0.15, 0.2) is 0 Å². The number of rotatable bonds is 7. The minimum Gasteiger partial charge on any atom is -0.399 e. The molecule has 1 heterocycles. The molecule has 1 aromatic heterocycles. The summed E-state index contributed by atoms with van der Waals surface area (Å²) in [5, 5.41) is 11.8. The highest BCUT2D eigenvalue weighted by atomic mass is 35.5. The molecule has 2 aromatic carbocycles. The summed E-state index contributed by atoms with van der Waals surface area (Å²) in [5.41, 5.74) is 8.67. The zero-order chi connectivity index (χ0) is 20.3. The van der Waals surface area contributed by atoms with E-state index in [9.17, 15) is 5.11 Å². The van der Waals surface area contributed by atoms with E-state index in [1.807, 2.05) is 36.4 Å². The molecule has 28 heavy (non-hydrogen) atoms. The Kier molecular flexibility index (Phi) is 6.94. The number of halogens is 2. The topological polar surface area (TPSA) is 64.1 Å². The zero-order valence-electron chi connectivity index (χ0n) is 15.8. The molecule has 0 aliphatic heterocycles. The molecule has 148 valence electrons. The second kappa shape index (κ2) is 9.23. The van der Waals surface area contributed by atoms with Crippen molar-refractivity contribution in [1.82, 2.24) is 9.55 Å². The molecule has 0 unspecified atom stereocenters. The SMILES string of the molecule is CC(C)c1nc(CCO)n(Cc2ccc(N)cc2)c1Sc1cc(Cl)cc(Cl)c1. The molecule has 7 heteroatoms. The third-order valence-corrected chi connectivity index (χ3v) is 5.81. The summed E-state index contributed by atoms with van der Waals surface area (Å²) in [5.74, 6) is 1.10. The average Bonchev–Trinajstić information content (AvgIpc) is 2.94. The van der Waals surface area contributed by atoms with Gasteiger partial charge in [-0.25, -0.2) is 4.98 Å². The fraction of sp³-hybridized carbons (Fsp3) is 0.286. The highest BCUT2D eigenvalue weighted by molar-refractivity contribution is 7.99. The lowest BCUT2D eigenvalue weighted by molar-refractivity contribution is 0.294. The van der Waals surface area contributed by atoms with Crippen LogP contribution in [0, 0.1) is 0 Å². The molecule has 0 atom stereocenters. The molecular weight excluding hydrogens is 413 g/mol. The lowest BCUT2D eigenvalue weighted by Gasteiger charge is -2.14. The number of aliphatic hydroxyl groups is 1. The lowest BCUT2D eigenvalue weighted by Crippen LogP contribution is -2.08. The van der Waals surface area contributed by atoms with Crippen LogP contribution in [0.5, 0.6) is 0 Å². The monoisotopic (exact) mass is 435 g/mol. The van der Waals surface area contributed by atoms with Gasteiger partial charge in [-0.15, -0.1) is 0 Å². The van der Waals surface area contributed by atoms with E-state index in [4.69, 9.17) is 33.9 Å². The average molecular weight is 436 g/mol. The number of nitrogens with two attached hydrogens (primary N) is 1. The van der Waals surface area contributed by atoms with Crippen LogP contribution < -0.4 is 5.73 Å². The number of hydrogen-bond donors (Lipinski definition) is 2. The van der Waals surface area contributed by atoms with Gasteiger partial charge in [0, 0.05) is 33.6 Å². The first-order valence-corrected chi connectivity index (χ1v) is 10.6. The second-order valence-corrected chi connectivity index (χ2v) is 8.82. The minimum absolute atomic E-state index is 0.0450. The number of imidazole rings is 1.